The highest BCUT2D eigenvalue weighted by molar-refractivity contribution is 5.94. The molecule has 1 aromatic rings. The molecule has 2 heterocycles. The summed E-state index contributed by atoms with van der Waals surface area (Å²) in [6.45, 7) is 7.08. The van der Waals surface area contributed by atoms with E-state index in [4.69, 9.17) is 0 Å². The molecule has 0 aliphatic carbocycles. The molecule has 0 spiro atoms. The van der Waals surface area contributed by atoms with Crippen molar-refractivity contribution < 1.29 is 4.79 Å². The number of para-hydroxylation sites is 1. The number of piperidine rings is 1. The van der Waals surface area contributed by atoms with Crippen molar-refractivity contribution in [2.45, 2.75) is 32.7 Å². The minimum Gasteiger partial charge on any atom is -0.316 e. The van der Waals surface area contributed by atoms with Gasteiger partial charge in [0.2, 0.25) is 5.91 Å². The summed E-state index contributed by atoms with van der Waals surface area (Å²) in [5, 5.41) is 3.47. The van der Waals surface area contributed by atoms with Crippen molar-refractivity contribution in [2.24, 2.45) is 11.8 Å². The van der Waals surface area contributed by atoms with E-state index in [1.165, 1.54) is 18.4 Å². The summed E-state index contributed by atoms with van der Waals surface area (Å²) in [7, 11) is 2.13. The summed E-state index contributed by atoms with van der Waals surface area (Å²) >= 11 is 0. The van der Waals surface area contributed by atoms with E-state index in [9.17, 15) is 4.79 Å². The first kappa shape index (κ1) is 22.2. The number of rotatable bonds is 3. The summed E-state index contributed by atoms with van der Waals surface area (Å²) in [5.74, 6) is 1.37. The van der Waals surface area contributed by atoms with Gasteiger partial charge in [0.25, 0.3) is 0 Å². The van der Waals surface area contributed by atoms with Crippen molar-refractivity contribution in [1.82, 2.24) is 10.2 Å². The number of likely N-dealkylation sites (N-methyl/N-ethyl adjacent to an activating group) is 1. The van der Waals surface area contributed by atoms with Crippen molar-refractivity contribution in [3.63, 3.8) is 0 Å². The highest BCUT2D eigenvalue weighted by Gasteiger charge is 2.27. The van der Waals surface area contributed by atoms with Crippen LogP contribution in [0.4, 0.5) is 5.69 Å². The van der Waals surface area contributed by atoms with E-state index in [0.717, 1.165) is 38.4 Å². The van der Waals surface area contributed by atoms with Gasteiger partial charge >= 0.3 is 0 Å². The van der Waals surface area contributed by atoms with Gasteiger partial charge in [-0.25, -0.2) is 0 Å². The first-order valence-corrected chi connectivity index (χ1v) is 8.92. The lowest BCUT2D eigenvalue weighted by molar-refractivity contribution is -0.119. The predicted molar refractivity (Wildman–Crippen MR) is 109 cm³/mol. The van der Waals surface area contributed by atoms with Crippen LogP contribution in [0.1, 0.15) is 31.7 Å². The zero-order valence-electron chi connectivity index (χ0n) is 15.2. The Hall–Kier alpha value is -0.810. The highest BCUT2D eigenvalue weighted by Crippen LogP contribution is 2.28. The average molecular weight is 388 g/mol. The molecule has 3 rings (SSSR count). The largest absolute Gasteiger partial charge is 0.316 e. The molecule has 0 bridgehead atoms. The van der Waals surface area contributed by atoms with E-state index in [2.05, 4.69) is 42.4 Å². The third-order valence-electron chi connectivity index (χ3n) is 5.37. The number of hydrogen-bond donors (Lipinski definition) is 1. The number of nitrogens with one attached hydrogen (secondary N) is 1. The molecular formula is C19H31Cl2N3O. The van der Waals surface area contributed by atoms with Gasteiger partial charge in [-0.3, -0.25) is 4.79 Å². The van der Waals surface area contributed by atoms with Crippen LogP contribution in [-0.4, -0.2) is 44.0 Å². The molecule has 2 aliphatic rings. The van der Waals surface area contributed by atoms with Gasteiger partial charge in [0.1, 0.15) is 0 Å². The van der Waals surface area contributed by atoms with Gasteiger partial charge in [0, 0.05) is 31.7 Å². The number of anilines is 1. The second kappa shape index (κ2) is 10.4. The van der Waals surface area contributed by atoms with Gasteiger partial charge in [-0.2, -0.15) is 0 Å². The molecule has 2 atom stereocenters. The van der Waals surface area contributed by atoms with Crippen LogP contribution in [0.15, 0.2) is 24.3 Å². The minimum absolute atomic E-state index is 0. The Labute approximate surface area is 164 Å². The van der Waals surface area contributed by atoms with Crippen LogP contribution in [0.5, 0.6) is 0 Å². The highest BCUT2D eigenvalue weighted by atomic mass is 35.5. The van der Waals surface area contributed by atoms with Gasteiger partial charge in [0.15, 0.2) is 0 Å². The van der Waals surface area contributed by atoms with E-state index in [1.807, 2.05) is 11.0 Å². The molecule has 142 valence electrons. The normalized spacial score (nSPS) is 22.0. The lowest BCUT2D eigenvalue weighted by atomic mass is 9.85. The van der Waals surface area contributed by atoms with Crippen molar-refractivity contribution in [1.29, 1.82) is 0 Å². The maximum atomic E-state index is 13.0. The van der Waals surface area contributed by atoms with Crippen molar-refractivity contribution in [2.75, 3.05) is 38.1 Å². The lowest BCUT2D eigenvalue weighted by Crippen LogP contribution is -2.39. The second-order valence-corrected chi connectivity index (χ2v) is 7.20. The summed E-state index contributed by atoms with van der Waals surface area (Å²) in [6.07, 6.45) is 3.14. The zero-order chi connectivity index (χ0) is 16.2. The number of benzene rings is 1. The van der Waals surface area contributed by atoms with Crippen LogP contribution in [0.2, 0.25) is 0 Å². The quantitative estimate of drug-likeness (QED) is 0.863. The first-order valence-electron chi connectivity index (χ1n) is 8.92. The maximum Gasteiger partial charge on any atom is 0.227 e. The number of fused-ring (bicyclic) bond motifs is 1. The summed E-state index contributed by atoms with van der Waals surface area (Å²) in [6, 6.07) is 8.35. The summed E-state index contributed by atoms with van der Waals surface area (Å²) < 4.78 is 0. The molecule has 1 N–H and O–H groups in total. The van der Waals surface area contributed by atoms with E-state index in [-0.39, 0.29) is 30.7 Å². The number of hydrogen-bond acceptors (Lipinski definition) is 3. The van der Waals surface area contributed by atoms with E-state index < -0.39 is 0 Å². The number of carbonyl (C=O) groups excluding carboxylic acids is 1. The van der Waals surface area contributed by atoms with Crippen LogP contribution in [0, 0.1) is 11.8 Å². The smallest absolute Gasteiger partial charge is 0.227 e. The Morgan fingerprint density at radius 3 is 2.76 bits per heavy atom. The Morgan fingerprint density at radius 2 is 2.04 bits per heavy atom. The Bertz CT molecular complexity index is 549. The molecule has 6 heteroatoms. The van der Waals surface area contributed by atoms with Crippen LogP contribution in [0.25, 0.3) is 0 Å². The molecule has 0 aromatic heterocycles. The van der Waals surface area contributed by atoms with Crippen molar-refractivity contribution in [3.05, 3.63) is 29.8 Å². The Kier molecular flexibility index (Phi) is 9.22. The average Bonchev–Trinajstić information content (AvgIpc) is 2.73. The van der Waals surface area contributed by atoms with Gasteiger partial charge in [-0.05, 0) is 56.4 Å². The fourth-order valence-electron chi connectivity index (χ4n) is 3.84. The number of amides is 1. The van der Waals surface area contributed by atoms with Crippen molar-refractivity contribution >= 4 is 36.4 Å². The second-order valence-electron chi connectivity index (χ2n) is 7.20. The van der Waals surface area contributed by atoms with Crippen LogP contribution in [-0.2, 0) is 11.3 Å². The topological polar surface area (TPSA) is 35.6 Å². The fraction of sp³-hybridized carbons (Fsp3) is 0.632. The molecule has 2 aliphatic heterocycles. The number of halogens is 2. The molecule has 1 saturated heterocycles. The number of nitrogens with zero attached hydrogens (tertiary/aromatic N) is 2. The standard InChI is InChI=1S/C19H29N3O.2ClH/c1-15(16-7-5-9-20-13-16)12-19(23)22-11-10-21(2)14-17-6-3-4-8-18(17)22;;/h3-4,6,8,15-16,20H,5,7,9-14H2,1-2H3;2*1H. The molecule has 1 amide bonds. The summed E-state index contributed by atoms with van der Waals surface area (Å²) in [5.41, 5.74) is 2.36. The van der Waals surface area contributed by atoms with Gasteiger partial charge in [-0.1, -0.05) is 25.1 Å². The third-order valence-corrected chi connectivity index (χ3v) is 5.37. The first-order chi connectivity index (χ1) is 11.1. The van der Waals surface area contributed by atoms with E-state index in [1.54, 1.807) is 0 Å². The fourth-order valence-corrected chi connectivity index (χ4v) is 3.84. The molecule has 25 heavy (non-hydrogen) atoms. The third kappa shape index (κ3) is 5.58. The van der Waals surface area contributed by atoms with Crippen LogP contribution < -0.4 is 10.2 Å². The van der Waals surface area contributed by atoms with Crippen LogP contribution >= 0.6 is 24.8 Å². The number of carbonyl (C=O) groups is 1. The molecule has 4 nitrogen and oxygen atoms in total. The molecular weight excluding hydrogens is 357 g/mol. The van der Waals surface area contributed by atoms with Gasteiger partial charge < -0.3 is 15.1 Å². The molecule has 2 unspecified atom stereocenters. The molecule has 1 fully saturated rings. The molecule has 0 radical (unpaired) electrons. The predicted octanol–water partition coefficient (Wildman–Crippen LogP) is 3.33. The lowest BCUT2D eigenvalue weighted by Gasteiger charge is -2.30. The maximum absolute atomic E-state index is 13.0. The summed E-state index contributed by atoms with van der Waals surface area (Å²) in [4.78, 5) is 17.3. The molecule has 1 aromatic carbocycles. The minimum atomic E-state index is 0. The van der Waals surface area contributed by atoms with Gasteiger partial charge in [0.05, 0.1) is 0 Å². The SMILES string of the molecule is CC(CC(=O)N1CCN(C)Cc2ccccc21)C1CCCNC1.Cl.Cl. The van der Waals surface area contributed by atoms with E-state index in [0.29, 0.717) is 18.3 Å². The monoisotopic (exact) mass is 387 g/mol. The zero-order valence-corrected chi connectivity index (χ0v) is 16.9. The Morgan fingerprint density at radius 1 is 1.28 bits per heavy atom. The van der Waals surface area contributed by atoms with Gasteiger partial charge in [-0.15, -0.1) is 24.8 Å². The molecule has 0 saturated carbocycles. The van der Waals surface area contributed by atoms with Crippen LogP contribution in [0.3, 0.4) is 0 Å². The van der Waals surface area contributed by atoms with Crippen molar-refractivity contribution in [3.8, 4) is 0 Å². The Balaban J connectivity index is 0.00000156. The van der Waals surface area contributed by atoms with E-state index >= 15 is 0 Å².